The predicted molar refractivity (Wildman–Crippen MR) is 74.4 cm³/mol. The molecular formula is C15H21N3O. The van der Waals surface area contributed by atoms with Crippen LogP contribution in [0.15, 0.2) is 24.3 Å². The lowest BCUT2D eigenvalue weighted by Crippen LogP contribution is -2.30. The molecule has 3 rings (SSSR count). The fourth-order valence-electron chi connectivity index (χ4n) is 3.56. The quantitative estimate of drug-likeness (QED) is 0.849. The summed E-state index contributed by atoms with van der Waals surface area (Å²) in [5.74, 6) is 1.11. The number of hydrogen-bond donors (Lipinski definition) is 2. The molecule has 4 nitrogen and oxygen atoms in total. The minimum Gasteiger partial charge on any atom is -0.366 e. The molecule has 1 aliphatic heterocycles. The SMILES string of the molecule is NC(=O)c1ccc(CN2CC3CCC(N)C3C2)cc1. The maximum atomic E-state index is 11.0. The van der Waals surface area contributed by atoms with Crippen LogP contribution in [-0.2, 0) is 6.54 Å². The van der Waals surface area contributed by atoms with Crippen LogP contribution in [0.4, 0.5) is 0 Å². The van der Waals surface area contributed by atoms with E-state index in [1.54, 1.807) is 12.1 Å². The number of amides is 1. The van der Waals surface area contributed by atoms with Crippen molar-refractivity contribution in [3.8, 4) is 0 Å². The number of likely N-dealkylation sites (tertiary alicyclic amines) is 1. The molecule has 0 radical (unpaired) electrons. The molecule has 1 aromatic rings. The maximum absolute atomic E-state index is 11.0. The molecule has 0 bridgehead atoms. The minimum atomic E-state index is -0.367. The van der Waals surface area contributed by atoms with Crippen LogP contribution in [0.5, 0.6) is 0 Å². The van der Waals surface area contributed by atoms with Gasteiger partial charge in [-0.3, -0.25) is 9.69 Å². The van der Waals surface area contributed by atoms with Gasteiger partial charge in [0.15, 0.2) is 0 Å². The second kappa shape index (κ2) is 4.94. The molecule has 2 fully saturated rings. The fraction of sp³-hybridized carbons (Fsp3) is 0.533. The highest BCUT2D eigenvalue weighted by Gasteiger charge is 2.40. The van der Waals surface area contributed by atoms with Crippen molar-refractivity contribution in [2.24, 2.45) is 23.3 Å². The van der Waals surface area contributed by atoms with Crippen molar-refractivity contribution in [3.63, 3.8) is 0 Å². The monoisotopic (exact) mass is 259 g/mol. The first-order valence-corrected chi connectivity index (χ1v) is 7.00. The zero-order valence-corrected chi connectivity index (χ0v) is 11.1. The molecule has 1 saturated carbocycles. The van der Waals surface area contributed by atoms with E-state index in [1.807, 2.05) is 12.1 Å². The lowest BCUT2D eigenvalue weighted by atomic mass is 9.98. The molecule has 4 N–H and O–H groups in total. The summed E-state index contributed by atoms with van der Waals surface area (Å²) in [6.45, 7) is 3.22. The Balaban J connectivity index is 1.62. The van der Waals surface area contributed by atoms with Crippen LogP contribution in [-0.4, -0.2) is 29.9 Å². The third-order valence-corrected chi connectivity index (χ3v) is 4.63. The molecule has 4 heteroatoms. The van der Waals surface area contributed by atoms with Gasteiger partial charge in [-0.15, -0.1) is 0 Å². The van der Waals surface area contributed by atoms with Gasteiger partial charge in [0.1, 0.15) is 0 Å². The molecule has 3 unspecified atom stereocenters. The molecule has 2 aliphatic rings. The van der Waals surface area contributed by atoms with E-state index in [1.165, 1.54) is 18.4 Å². The van der Waals surface area contributed by atoms with Crippen LogP contribution in [0.3, 0.4) is 0 Å². The van der Waals surface area contributed by atoms with Gasteiger partial charge in [-0.05, 0) is 42.4 Å². The molecule has 0 aromatic heterocycles. The van der Waals surface area contributed by atoms with Crippen molar-refractivity contribution in [1.82, 2.24) is 4.90 Å². The van der Waals surface area contributed by atoms with E-state index in [4.69, 9.17) is 11.5 Å². The van der Waals surface area contributed by atoms with Gasteiger partial charge in [-0.25, -0.2) is 0 Å². The summed E-state index contributed by atoms with van der Waals surface area (Å²) in [4.78, 5) is 13.5. The van der Waals surface area contributed by atoms with Gasteiger partial charge in [-0.2, -0.15) is 0 Å². The third kappa shape index (κ3) is 2.51. The van der Waals surface area contributed by atoms with E-state index in [9.17, 15) is 4.79 Å². The first-order chi connectivity index (χ1) is 9.13. The number of carbonyl (C=O) groups excluding carboxylic acids is 1. The molecule has 1 saturated heterocycles. The molecular weight excluding hydrogens is 238 g/mol. The van der Waals surface area contributed by atoms with Crippen LogP contribution in [0.2, 0.25) is 0 Å². The van der Waals surface area contributed by atoms with Crippen LogP contribution in [0, 0.1) is 11.8 Å². The molecule has 3 atom stereocenters. The van der Waals surface area contributed by atoms with Crippen molar-refractivity contribution < 1.29 is 4.79 Å². The summed E-state index contributed by atoms with van der Waals surface area (Å²) in [6.07, 6.45) is 2.47. The largest absolute Gasteiger partial charge is 0.366 e. The summed E-state index contributed by atoms with van der Waals surface area (Å²) in [7, 11) is 0. The number of carbonyl (C=O) groups is 1. The van der Waals surface area contributed by atoms with Crippen molar-refractivity contribution in [2.75, 3.05) is 13.1 Å². The highest BCUT2D eigenvalue weighted by Crippen LogP contribution is 2.37. The van der Waals surface area contributed by atoms with E-state index in [0.717, 1.165) is 25.6 Å². The van der Waals surface area contributed by atoms with Crippen LogP contribution in [0.25, 0.3) is 0 Å². The van der Waals surface area contributed by atoms with E-state index in [2.05, 4.69) is 4.90 Å². The van der Waals surface area contributed by atoms with Crippen LogP contribution in [0.1, 0.15) is 28.8 Å². The molecule has 19 heavy (non-hydrogen) atoms. The average molecular weight is 259 g/mol. The summed E-state index contributed by atoms with van der Waals surface area (Å²) in [6, 6.07) is 8.00. The Bertz CT molecular complexity index is 471. The second-order valence-corrected chi connectivity index (χ2v) is 5.92. The molecule has 1 heterocycles. The Morgan fingerprint density at radius 2 is 1.95 bits per heavy atom. The van der Waals surface area contributed by atoms with E-state index in [0.29, 0.717) is 17.5 Å². The topological polar surface area (TPSA) is 72.4 Å². The van der Waals surface area contributed by atoms with Crippen molar-refractivity contribution >= 4 is 5.91 Å². The number of nitrogens with zero attached hydrogens (tertiary/aromatic N) is 1. The number of nitrogens with two attached hydrogens (primary N) is 2. The van der Waals surface area contributed by atoms with Gasteiger partial charge in [0.2, 0.25) is 5.91 Å². The summed E-state index contributed by atoms with van der Waals surface area (Å²) < 4.78 is 0. The Hall–Kier alpha value is -1.39. The van der Waals surface area contributed by atoms with E-state index < -0.39 is 0 Å². The highest BCUT2D eigenvalue weighted by molar-refractivity contribution is 5.92. The summed E-state index contributed by atoms with van der Waals surface area (Å²) in [5, 5.41) is 0. The zero-order chi connectivity index (χ0) is 13.4. The Morgan fingerprint density at radius 3 is 2.58 bits per heavy atom. The van der Waals surface area contributed by atoms with Crippen molar-refractivity contribution in [2.45, 2.75) is 25.4 Å². The summed E-state index contributed by atoms with van der Waals surface area (Å²) in [5.41, 5.74) is 13.2. The lowest BCUT2D eigenvalue weighted by Gasteiger charge is -2.18. The van der Waals surface area contributed by atoms with Gasteiger partial charge in [-0.1, -0.05) is 12.1 Å². The summed E-state index contributed by atoms with van der Waals surface area (Å²) >= 11 is 0. The van der Waals surface area contributed by atoms with Crippen molar-refractivity contribution in [3.05, 3.63) is 35.4 Å². The van der Waals surface area contributed by atoms with Crippen LogP contribution >= 0.6 is 0 Å². The van der Waals surface area contributed by atoms with E-state index >= 15 is 0 Å². The maximum Gasteiger partial charge on any atom is 0.248 e. The minimum absolute atomic E-state index is 0.367. The predicted octanol–water partition coefficient (Wildman–Crippen LogP) is 0.955. The first-order valence-electron chi connectivity index (χ1n) is 7.00. The number of fused-ring (bicyclic) bond motifs is 1. The standard InChI is InChI=1S/C15H21N3O/c16-14-6-5-12-8-18(9-13(12)14)7-10-1-3-11(4-2-10)15(17)19/h1-4,12-14H,5-9,16H2,(H2,17,19). The van der Waals surface area contributed by atoms with Crippen LogP contribution < -0.4 is 11.5 Å². The van der Waals surface area contributed by atoms with Gasteiger partial charge < -0.3 is 11.5 Å². The number of hydrogen-bond acceptors (Lipinski definition) is 3. The Kier molecular flexibility index (Phi) is 3.29. The fourth-order valence-corrected chi connectivity index (χ4v) is 3.56. The molecule has 1 aliphatic carbocycles. The average Bonchev–Trinajstić information content (AvgIpc) is 2.93. The number of primary amides is 1. The van der Waals surface area contributed by atoms with Gasteiger partial charge >= 0.3 is 0 Å². The number of benzene rings is 1. The highest BCUT2D eigenvalue weighted by atomic mass is 16.1. The normalized spacial score (nSPS) is 30.5. The molecule has 0 spiro atoms. The molecule has 102 valence electrons. The van der Waals surface area contributed by atoms with Crippen molar-refractivity contribution in [1.29, 1.82) is 0 Å². The third-order valence-electron chi connectivity index (χ3n) is 4.63. The van der Waals surface area contributed by atoms with Gasteiger partial charge in [0.25, 0.3) is 0 Å². The number of rotatable bonds is 3. The van der Waals surface area contributed by atoms with Gasteiger partial charge in [0, 0.05) is 31.2 Å². The zero-order valence-electron chi connectivity index (χ0n) is 11.1. The Labute approximate surface area is 113 Å². The first kappa shape index (κ1) is 12.6. The van der Waals surface area contributed by atoms with E-state index in [-0.39, 0.29) is 5.91 Å². The van der Waals surface area contributed by atoms with Gasteiger partial charge in [0.05, 0.1) is 0 Å². The molecule has 1 amide bonds. The smallest absolute Gasteiger partial charge is 0.248 e. The lowest BCUT2D eigenvalue weighted by molar-refractivity contribution is 0.100. The Morgan fingerprint density at radius 1 is 1.21 bits per heavy atom. The molecule has 1 aromatic carbocycles. The second-order valence-electron chi connectivity index (χ2n) is 5.92.